The molecule has 3 amide bonds. The number of nitrogens with one attached hydrogen (secondary N) is 2. The van der Waals surface area contributed by atoms with E-state index in [9.17, 15) is 23.2 Å². The van der Waals surface area contributed by atoms with E-state index in [4.69, 9.17) is 4.74 Å². The second-order valence-corrected chi connectivity index (χ2v) is 10.9. The summed E-state index contributed by atoms with van der Waals surface area (Å²) in [5.74, 6) is -0.995. The number of halogens is 2. The largest absolute Gasteiger partial charge is 0.444 e. The van der Waals surface area contributed by atoms with Gasteiger partial charge in [-0.3, -0.25) is 9.59 Å². The molecule has 9 nitrogen and oxygen atoms in total. The summed E-state index contributed by atoms with van der Waals surface area (Å²) in [5, 5.41) is 5.28. The van der Waals surface area contributed by atoms with Gasteiger partial charge in [0, 0.05) is 31.7 Å². The van der Waals surface area contributed by atoms with Crippen LogP contribution in [0.25, 0.3) is 0 Å². The molecular weight excluding hydrogens is 510 g/mol. The van der Waals surface area contributed by atoms with E-state index in [1.165, 1.54) is 11.0 Å². The summed E-state index contributed by atoms with van der Waals surface area (Å²) in [7, 11) is 0. The molecule has 39 heavy (non-hydrogen) atoms. The van der Waals surface area contributed by atoms with Crippen molar-refractivity contribution in [2.75, 3.05) is 25.0 Å². The molecule has 1 aliphatic rings. The quantitative estimate of drug-likeness (QED) is 0.470. The van der Waals surface area contributed by atoms with Gasteiger partial charge in [0.2, 0.25) is 17.7 Å². The van der Waals surface area contributed by atoms with Crippen LogP contribution in [0.4, 0.5) is 19.3 Å². The third-order valence-corrected chi connectivity index (χ3v) is 6.26. The molecule has 1 fully saturated rings. The molecule has 1 aromatic carbocycles. The minimum absolute atomic E-state index is 0.0126. The van der Waals surface area contributed by atoms with Crippen LogP contribution < -0.4 is 15.4 Å². The van der Waals surface area contributed by atoms with E-state index in [1.807, 2.05) is 38.1 Å². The number of aromatic nitrogens is 1. The monoisotopic (exact) mass is 546 g/mol. The fourth-order valence-corrected chi connectivity index (χ4v) is 4.44. The van der Waals surface area contributed by atoms with Crippen LogP contribution in [-0.2, 0) is 19.7 Å². The number of rotatable bonds is 9. The first-order valence-corrected chi connectivity index (χ1v) is 12.8. The van der Waals surface area contributed by atoms with Gasteiger partial charge < -0.3 is 25.0 Å². The molecule has 0 atom stereocenters. The Kier molecular flexibility index (Phi) is 9.14. The van der Waals surface area contributed by atoms with Gasteiger partial charge in [-0.25, -0.2) is 9.78 Å². The fourth-order valence-electron chi connectivity index (χ4n) is 4.44. The number of nitrogens with zero attached hydrogens (tertiary/aromatic N) is 2. The van der Waals surface area contributed by atoms with E-state index in [2.05, 4.69) is 20.4 Å². The predicted octanol–water partition coefficient (Wildman–Crippen LogP) is 4.75. The number of alkyl halides is 2. The molecule has 2 aromatic rings. The normalized spacial score (nSPS) is 14.6. The first-order chi connectivity index (χ1) is 18.2. The van der Waals surface area contributed by atoms with Crippen LogP contribution in [0, 0.1) is 6.92 Å². The van der Waals surface area contributed by atoms with E-state index in [-0.39, 0.29) is 49.4 Å². The van der Waals surface area contributed by atoms with Gasteiger partial charge in [-0.15, -0.1) is 0 Å². The molecule has 0 bridgehead atoms. The van der Waals surface area contributed by atoms with Crippen LogP contribution in [0.3, 0.4) is 0 Å². The number of likely N-dealkylation sites (tertiary alicyclic amines) is 1. The number of aryl methyl sites for hydroxylation is 1. The lowest BCUT2D eigenvalue weighted by atomic mass is 9.69. The molecule has 0 saturated carbocycles. The lowest BCUT2D eigenvalue weighted by molar-refractivity contribution is -0.143. The number of anilines is 1. The van der Waals surface area contributed by atoms with Gasteiger partial charge in [0.25, 0.3) is 0 Å². The second kappa shape index (κ2) is 12.0. The van der Waals surface area contributed by atoms with Crippen LogP contribution in [0.2, 0.25) is 0 Å². The Morgan fingerprint density at radius 2 is 1.77 bits per heavy atom. The summed E-state index contributed by atoms with van der Waals surface area (Å²) >= 11 is 0. The third-order valence-electron chi connectivity index (χ3n) is 6.26. The van der Waals surface area contributed by atoms with Gasteiger partial charge >= 0.3 is 12.7 Å². The Balaban J connectivity index is 1.81. The minimum atomic E-state index is -3.11. The first kappa shape index (κ1) is 29.8. The number of ether oxygens (including phenoxy) is 2. The predicted molar refractivity (Wildman–Crippen MR) is 142 cm³/mol. The maximum Gasteiger partial charge on any atom is 0.407 e. The number of hydrogen-bond acceptors (Lipinski definition) is 6. The van der Waals surface area contributed by atoms with Gasteiger partial charge in [0.1, 0.15) is 16.7 Å². The van der Waals surface area contributed by atoms with Crippen molar-refractivity contribution in [3.8, 4) is 5.88 Å². The Hall–Kier alpha value is -3.76. The van der Waals surface area contributed by atoms with E-state index in [0.717, 1.165) is 11.1 Å². The number of carbonyl (C=O) groups excluding carboxylic acids is 3. The average Bonchev–Trinajstić information content (AvgIpc) is 2.79. The minimum Gasteiger partial charge on any atom is -0.444 e. The number of amides is 3. The molecular formula is C28H36F2N4O5. The molecule has 1 aliphatic heterocycles. The maximum atomic E-state index is 13.8. The summed E-state index contributed by atoms with van der Waals surface area (Å²) in [5.41, 5.74) is 0.377. The van der Waals surface area contributed by atoms with Gasteiger partial charge in [0.05, 0.1) is 0 Å². The highest BCUT2D eigenvalue weighted by molar-refractivity contribution is 6.02. The molecule has 0 aliphatic carbocycles. The summed E-state index contributed by atoms with van der Waals surface area (Å²) < 4.78 is 35.7. The Bertz CT molecular complexity index is 1210. The van der Waals surface area contributed by atoms with Crippen molar-refractivity contribution >= 4 is 23.6 Å². The maximum absolute atomic E-state index is 13.8. The Morgan fingerprint density at radius 3 is 2.38 bits per heavy atom. The van der Waals surface area contributed by atoms with Gasteiger partial charge in [-0.05, 0) is 56.9 Å². The third kappa shape index (κ3) is 7.42. The van der Waals surface area contributed by atoms with Crippen LogP contribution in [0.1, 0.15) is 63.8 Å². The van der Waals surface area contributed by atoms with Crippen LogP contribution in [0.5, 0.6) is 5.88 Å². The molecule has 0 radical (unpaired) electrons. The highest BCUT2D eigenvalue weighted by atomic mass is 19.3. The zero-order valence-electron chi connectivity index (χ0n) is 23.1. The number of carbonyl (C=O) groups is 3. The highest BCUT2D eigenvalue weighted by Gasteiger charge is 2.53. The molecule has 2 N–H and O–H groups in total. The summed E-state index contributed by atoms with van der Waals surface area (Å²) in [4.78, 5) is 44.2. The Morgan fingerprint density at radius 1 is 1.10 bits per heavy atom. The van der Waals surface area contributed by atoms with Crippen LogP contribution in [0.15, 0.2) is 36.4 Å². The van der Waals surface area contributed by atoms with Crippen LogP contribution in [-0.4, -0.2) is 59.6 Å². The molecule has 0 unspecified atom stereocenters. The molecule has 2 heterocycles. The fraction of sp³-hybridized carbons (Fsp3) is 0.500. The smallest absolute Gasteiger partial charge is 0.407 e. The van der Waals surface area contributed by atoms with E-state index in [1.54, 1.807) is 33.8 Å². The number of hydrogen-bond donors (Lipinski definition) is 2. The van der Waals surface area contributed by atoms with E-state index >= 15 is 0 Å². The first-order valence-electron chi connectivity index (χ1n) is 12.8. The SMILES string of the molecule is Cc1ccc(NC(=O)C2(c3ccccc3C(C)C)CN(C(=O)CCNC(=O)OC(C)(C)C)C2)c(OC(F)F)n1. The molecule has 3 rings (SSSR count). The number of benzene rings is 1. The van der Waals surface area contributed by atoms with Crippen molar-refractivity contribution in [2.24, 2.45) is 0 Å². The Labute approximate surface area is 227 Å². The van der Waals surface area contributed by atoms with Gasteiger partial charge in [-0.1, -0.05) is 38.1 Å². The summed E-state index contributed by atoms with van der Waals surface area (Å²) in [6.45, 7) is 7.99. The average molecular weight is 547 g/mol. The lowest BCUT2D eigenvalue weighted by Gasteiger charge is -2.50. The van der Waals surface area contributed by atoms with Crippen molar-refractivity contribution in [3.63, 3.8) is 0 Å². The zero-order chi connectivity index (χ0) is 29.0. The van der Waals surface area contributed by atoms with E-state index in [0.29, 0.717) is 5.69 Å². The molecule has 0 spiro atoms. The standard InChI is InChI=1S/C28H36F2N4O5/c1-17(2)19-9-7-8-10-20(19)28(24(36)33-21-12-11-18(3)32-23(21)38-25(29)30)15-34(16-28)22(35)13-14-31-26(37)39-27(4,5)6/h7-12,17,25H,13-16H2,1-6H3,(H,31,37)(H,33,36). The van der Waals surface area contributed by atoms with Crippen molar-refractivity contribution in [3.05, 3.63) is 53.2 Å². The molecule has 1 aromatic heterocycles. The van der Waals surface area contributed by atoms with Gasteiger partial charge in [-0.2, -0.15) is 8.78 Å². The number of pyridine rings is 1. The molecule has 11 heteroatoms. The van der Waals surface area contributed by atoms with Crippen molar-refractivity contribution in [2.45, 2.75) is 71.5 Å². The van der Waals surface area contributed by atoms with Crippen LogP contribution >= 0.6 is 0 Å². The summed E-state index contributed by atoms with van der Waals surface area (Å²) in [6, 6.07) is 10.5. The topological polar surface area (TPSA) is 110 Å². The van der Waals surface area contributed by atoms with Crippen molar-refractivity contribution in [1.82, 2.24) is 15.2 Å². The number of alkyl carbamates (subject to hydrolysis) is 1. The second-order valence-electron chi connectivity index (χ2n) is 10.9. The van der Waals surface area contributed by atoms with E-state index < -0.39 is 29.6 Å². The van der Waals surface area contributed by atoms with Crippen molar-refractivity contribution < 1.29 is 32.6 Å². The molecule has 1 saturated heterocycles. The van der Waals surface area contributed by atoms with Gasteiger partial charge in [0.15, 0.2) is 0 Å². The lowest BCUT2D eigenvalue weighted by Crippen LogP contribution is -2.66. The zero-order valence-corrected chi connectivity index (χ0v) is 23.1. The highest BCUT2D eigenvalue weighted by Crippen LogP contribution is 2.40. The summed E-state index contributed by atoms with van der Waals surface area (Å²) in [6.07, 6.45) is -0.594. The molecule has 212 valence electrons. The van der Waals surface area contributed by atoms with Crippen molar-refractivity contribution in [1.29, 1.82) is 0 Å².